The van der Waals surface area contributed by atoms with Gasteiger partial charge in [-0.2, -0.15) is 0 Å². The van der Waals surface area contributed by atoms with Gasteiger partial charge in [0.25, 0.3) is 0 Å². The van der Waals surface area contributed by atoms with E-state index in [4.69, 9.17) is 0 Å². The molecular formula is C65H43N. The lowest BCUT2D eigenvalue weighted by Crippen LogP contribution is -2.25. The molecule has 0 radical (unpaired) electrons. The molecule has 0 fully saturated rings. The van der Waals surface area contributed by atoms with Crippen molar-refractivity contribution in [3.8, 4) is 66.8 Å². The SMILES string of the molecule is c1ccc(-c2ccc(N(c3ccc(-c4cccc(-c5cccc6c5-c5ccccc5C65c6ccccc6-c6ccccc65)c4)cc3)c3ccc(-c4cccc5ccccc45)cc3)cc2)cc1. The summed E-state index contributed by atoms with van der Waals surface area (Å²) in [6.45, 7) is 0. The zero-order chi connectivity index (χ0) is 43.6. The summed E-state index contributed by atoms with van der Waals surface area (Å²) in [6.07, 6.45) is 0. The minimum Gasteiger partial charge on any atom is -0.311 e. The average molecular weight is 838 g/mol. The molecule has 0 atom stereocenters. The maximum atomic E-state index is 2.38. The van der Waals surface area contributed by atoms with Gasteiger partial charge in [-0.05, 0) is 142 Å². The van der Waals surface area contributed by atoms with Crippen molar-refractivity contribution in [3.63, 3.8) is 0 Å². The van der Waals surface area contributed by atoms with Crippen LogP contribution < -0.4 is 4.90 Å². The minimum atomic E-state index is -0.368. The van der Waals surface area contributed by atoms with Crippen molar-refractivity contribution >= 4 is 27.8 Å². The summed E-state index contributed by atoms with van der Waals surface area (Å²) >= 11 is 0. The number of benzene rings is 11. The molecule has 0 bridgehead atoms. The molecule has 0 N–H and O–H groups in total. The Hall–Kier alpha value is -8.52. The largest absolute Gasteiger partial charge is 0.311 e. The molecule has 13 rings (SSSR count). The van der Waals surface area contributed by atoms with Gasteiger partial charge in [-0.3, -0.25) is 0 Å². The van der Waals surface area contributed by atoms with E-state index in [1.165, 1.54) is 99.8 Å². The third kappa shape index (κ3) is 5.87. The van der Waals surface area contributed by atoms with Gasteiger partial charge in [-0.1, -0.05) is 218 Å². The second-order valence-electron chi connectivity index (χ2n) is 17.6. The summed E-state index contributed by atoms with van der Waals surface area (Å²) in [5.41, 5.74) is 23.4. The minimum absolute atomic E-state index is 0.368. The second kappa shape index (κ2) is 15.3. The first kappa shape index (κ1) is 38.0. The average Bonchev–Trinajstić information content (AvgIpc) is 3.87. The highest BCUT2D eigenvalue weighted by molar-refractivity contribution is 6.01. The molecule has 308 valence electrons. The zero-order valence-corrected chi connectivity index (χ0v) is 36.3. The van der Waals surface area contributed by atoms with Crippen LogP contribution in [0.25, 0.3) is 77.5 Å². The molecule has 1 spiro atoms. The topological polar surface area (TPSA) is 3.24 Å². The van der Waals surface area contributed by atoms with Crippen LogP contribution >= 0.6 is 0 Å². The number of hydrogen-bond donors (Lipinski definition) is 0. The molecule has 0 saturated heterocycles. The molecule has 0 heterocycles. The van der Waals surface area contributed by atoms with Gasteiger partial charge < -0.3 is 4.90 Å². The molecule has 11 aromatic rings. The van der Waals surface area contributed by atoms with Crippen LogP contribution in [0, 0.1) is 0 Å². The van der Waals surface area contributed by atoms with Crippen molar-refractivity contribution in [2.75, 3.05) is 4.90 Å². The molecule has 0 aromatic heterocycles. The third-order valence-electron chi connectivity index (χ3n) is 14.1. The summed E-state index contributed by atoms with van der Waals surface area (Å²) in [5.74, 6) is 0. The molecule has 66 heavy (non-hydrogen) atoms. The van der Waals surface area contributed by atoms with Crippen LogP contribution in [0.2, 0.25) is 0 Å². The molecule has 0 amide bonds. The molecule has 0 saturated carbocycles. The first-order valence-electron chi connectivity index (χ1n) is 22.9. The molecule has 0 aliphatic heterocycles. The third-order valence-corrected chi connectivity index (χ3v) is 14.1. The first-order valence-corrected chi connectivity index (χ1v) is 22.9. The first-order chi connectivity index (χ1) is 32.7. The molecule has 0 unspecified atom stereocenters. The lowest BCUT2D eigenvalue weighted by Gasteiger charge is -2.30. The molecule has 1 nitrogen and oxygen atoms in total. The number of rotatable bonds is 7. The van der Waals surface area contributed by atoms with E-state index < -0.39 is 0 Å². The normalized spacial score (nSPS) is 12.7. The second-order valence-corrected chi connectivity index (χ2v) is 17.6. The quantitative estimate of drug-likeness (QED) is 0.155. The Morgan fingerprint density at radius 2 is 0.652 bits per heavy atom. The standard InChI is InChI=1S/C65H43N/c1-2-15-44(16-3-1)45-31-37-51(38-32-45)66(53-41-35-48(36-42-53)55-25-13-18-47-17-4-5-21-54(47)55)52-39-33-46(34-40-52)49-19-12-20-50(43-49)56-26-14-30-63-64(56)59-24-8-11-29-62(59)65(63)60-27-9-6-22-57(60)58-23-7-10-28-61(58)65/h1-43H. The van der Waals surface area contributed by atoms with Crippen molar-refractivity contribution in [1.29, 1.82) is 0 Å². The number of hydrogen-bond acceptors (Lipinski definition) is 1. The highest BCUT2D eigenvalue weighted by Crippen LogP contribution is 2.64. The lowest BCUT2D eigenvalue weighted by atomic mass is 9.70. The summed E-state index contributed by atoms with van der Waals surface area (Å²) in [7, 11) is 0. The highest BCUT2D eigenvalue weighted by Gasteiger charge is 2.51. The van der Waals surface area contributed by atoms with Gasteiger partial charge in [0, 0.05) is 17.1 Å². The fourth-order valence-electron chi connectivity index (χ4n) is 11.2. The van der Waals surface area contributed by atoms with E-state index in [-0.39, 0.29) is 5.41 Å². The summed E-state index contributed by atoms with van der Waals surface area (Å²) < 4.78 is 0. The van der Waals surface area contributed by atoms with Crippen molar-refractivity contribution in [3.05, 3.63) is 283 Å². The Kier molecular flexibility index (Phi) is 8.82. The number of fused-ring (bicyclic) bond motifs is 11. The van der Waals surface area contributed by atoms with Gasteiger partial charge in [-0.25, -0.2) is 0 Å². The van der Waals surface area contributed by atoms with Gasteiger partial charge in [0.2, 0.25) is 0 Å². The number of anilines is 3. The maximum Gasteiger partial charge on any atom is 0.0725 e. The summed E-state index contributed by atoms with van der Waals surface area (Å²) in [6, 6.07) is 96.0. The lowest BCUT2D eigenvalue weighted by molar-refractivity contribution is 0.794. The summed E-state index contributed by atoms with van der Waals surface area (Å²) in [4.78, 5) is 2.36. The van der Waals surface area contributed by atoms with E-state index in [2.05, 4.69) is 266 Å². The van der Waals surface area contributed by atoms with E-state index in [9.17, 15) is 0 Å². The molecular weight excluding hydrogens is 795 g/mol. The van der Waals surface area contributed by atoms with E-state index >= 15 is 0 Å². The van der Waals surface area contributed by atoms with Crippen LogP contribution in [-0.2, 0) is 5.41 Å². The van der Waals surface area contributed by atoms with Crippen molar-refractivity contribution < 1.29 is 0 Å². The van der Waals surface area contributed by atoms with Crippen LogP contribution in [0.5, 0.6) is 0 Å². The molecule has 11 aromatic carbocycles. The molecule has 2 aliphatic rings. The van der Waals surface area contributed by atoms with Gasteiger partial charge in [0.15, 0.2) is 0 Å². The van der Waals surface area contributed by atoms with Gasteiger partial charge in [-0.15, -0.1) is 0 Å². The van der Waals surface area contributed by atoms with Crippen molar-refractivity contribution in [1.82, 2.24) is 0 Å². The van der Waals surface area contributed by atoms with Gasteiger partial charge in [0.05, 0.1) is 5.41 Å². The van der Waals surface area contributed by atoms with Crippen LogP contribution in [0.3, 0.4) is 0 Å². The Morgan fingerprint density at radius 3 is 1.32 bits per heavy atom. The van der Waals surface area contributed by atoms with E-state index in [0.29, 0.717) is 0 Å². The Morgan fingerprint density at radius 1 is 0.242 bits per heavy atom. The monoisotopic (exact) mass is 837 g/mol. The molecule has 1 heteroatoms. The van der Waals surface area contributed by atoms with Gasteiger partial charge in [0.1, 0.15) is 0 Å². The van der Waals surface area contributed by atoms with E-state index in [0.717, 1.165) is 17.1 Å². The maximum absolute atomic E-state index is 2.38. The van der Waals surface area contributed by atoms with E-state index in [1.807, 2.05) is 0 Å². The Bertz CT molecular complexity index is 3570. The summed E-state index contributed by atoms with van der Waals surface area (Å²) in [5, 5.41) is 2.51. The fraction of sp³-hybridized carbons (Fsp3) is 0.0154. The zero-order valence-electron chi connectivity index (χ0n) is 36.3. The predicted molar refractivity (Wildman–Crippen MR) is 277 cm³/mol. The molecule has 2 aliphatic carbocycles. The van der Waals surface area contributed by atoms with Crippen LogP contribution in [0.15, 0.2) is 261 Å². The highest BCUT2D eigenvalue weighted by atomic mass is 15.1. The number of nitrogens with zero attached hydrogens (tertiary/aromatic N) is 1. The smallest absolute Gasteiger partial charge is 0.0725 e. The Labute approximate surface area is 386 Å². The van der Waals surface area contributed by atoms with Crippen molar-refractivity contribution in [2.45, 2.75) is 5.41 Å². The Balaban J connectivity index is 0.885. The van der Waals surface area contributed by atoms with Crippen molar-refractivity contribution in [2.24, 2.45) is 0 Å². The van der Waals surface area contributed by atoms with Crippen LogP contribution in [0.1, 0.15) is 22.3 Å². The fourth-order valence-corrected chi connectivity index (χ4v) is 11.2. The predicted octanol–water partition coefficient (Wildman–Crippen LogP) is 17.3. The van der Waals surface area contributed by atoms with Crippen LogP contribution in [0.4, 0.5) is 17.1 Å². The van der Waals surface area contributed by atoms with E-state index in [1.54, 1.807) is 0 Å². The van der Waals surface area contributed by atoms with Crippen LogP contribution in [-0.4, -0.2) is 0 Å². The van der Waals surface area contributed by atoms with Gasteiger partial charge >= 0.3 is 0 Å².